The zero-order valence-corrected chi connectivity index (χ0v) is 8.47. The first-order valence-corrected chi connectivity index (χ1v) is 4.48. The van der Waals surface area contributed by atoms with Gasteiger partial charge in [0.05, 0.1) is 0 Å². The van der Waals surface area contributed by atoms with E-state index in [-0.39, 0.29) is 0 Å². The van der Waals surface area contributed by atoms with Crippen molar-refractivity contribution in [2.45, 2.75) is 0 Å². The maximum atomic E-state index is 10.1. The van der Waals surface area contributed by atoms with Crippen LogP contribution >= 0.6 is 27.5 Å². The Labute approximate surface area is 84.2 Å². The number of aldehydes is 1. The van der Waals surface area contributed by atoms with Crippen LogP contribution in [0, 0.1) is 0 Å². The summed E-state index contributed by atoms with van der Waals surface area (Å²) in [4.78, 5) is 10.1. The van der Waals surface area contributed by atoms with Crippen LogP contribution in [-0.4, -0.2) is 6.29 Å². The van der Waals surface area contributed by atoms with Gasteiger partial charge in [-0.2, -0.15) is 0 Å². The van der Waals surface area contributed by atoms with Crippen LogP contribution in [0.4, 0.5) is 0 Å². The standard InChI is InChI=1S/C9H6BrClO/c10-8-4-1-5-9(11)7(8)3-2-6-12/h1-6H/b3-2+. The van der Waals surface area contributed by atoms with Crippen molar-refractivity contribution in [2.75, 3.05) is 0 Å². The molecule has 0 radical (unpaired) electrons. The molecule has 62 valence electrons. The molecule has 1 nitrogen and oxygen atoms in total. The van der Waals surface area contributed by atoms with Gasteiger partial charge in [0.1, 0.15) is 6.29 Å². The molecule has 12 heavy (non-hydrogen) atoms. The third kappa shape index (κ3) is 2.19. The molecule has 0 heterocycles. The van der Waals surface area contributed by atoms with Crippen molar-refractivity contribution in [3.8, 4) is 0 Å². The Morgan fingerprint density at radius 3 is 2.75 bits per heavy atom. The first kappa shape index (κ1) is 9.49. The van der Waals surface area contributed by atoms with Crippen molar-refractivity contribution in [2.24, 2.45) is 0 Å². The lowest BCUT2D eigenvalue weighted by Crippen LogP contribution is -1.77. The second-order valence-corrected chi connectivity index (χ2v) is 3.39. The molecule has 0 unspecified atom stereocenters. The maximum Gasteiger partial charge on any atom is 0.142 e. The number of carbonyl (C=O) groups is 1. The summed E-state index contributed by atoms with van der Waals surface area (Å²) in [6, 6.07) is 5.48. The van der Waals surface area contributed by atoms with E-state index in [0.717, 1.165) is 16.3 Å². The SMILES string of the molecule is O=C/C=C/c1c(Cl)cccc1Br. The van der Waals surface area contributed by atoms with Crippen molar-refractivity contribution in [3.63, 3.8) is 0 Å². The van der Waals surface area contributed by atoms with Crippen molar-refractivity contribution < 1.29 is 4.79 Å². The molecule has 0 fully saturated rings. The molecule has 0 aliphatic rings. The van der Waals surface area contributed by atoms with E-state index in [2.05, 4.69) is 15.9 Å². The van der Waals surface area contributed by atoms with Gasteiger partial charge in [0.15, 0.2) is 0 Å². The van der Waals surface area contributed by atoms with Gasteiger partial charge in [-0.15, -0.1) is 0 Å². The molecule has 1 aromatic carbocycles. The van der Waals surface area contributed by atoms with E-state index >= 15 is 0 Å². The number of carbonyl (C=O) groups excluding carboxylic acids is 1. The molecule has 0 spiro atoms. The molecule has 3 heteroatoms. The van der Waals surface area contributed by atoms with E-state index in [9.17, 15) is 4.79 Å². The fraction of sp³-hybridized carbons (Fsp3) is 0. The lowest BCUT2D eigenvalue weighted by Gasteiger charge is -1.99. The number of hydrogen-bond donors (Lipinski definition) is 0. The highest BCUT2D eigenvalue weighted by atomic mass is 79.9. The van der Waals surface area contributed by atoms with Gasteiger partial charge in [-0.1, -0.05) is 33.6 Å². The summed E-state index contributed by atoms with van der Waals surface area (Å²) in [5.41, 5.74) is 0.825. The van der Waals surface area contributed by atoms with Crippen LogP contribution in [-0.2, 0) is 4.79 Å². The molecule has 0 aromatic heterocycles. The Hall–Kier alpha value is -0.600. The highest BCUT2D eigenvalue weighted by Gasteiger charge is 1.99. The molecular formula is C9H6BrClO. The van der Waals surface area contributed by atoms with Crippen molar-refractivity contribution >= 4 is 39.9 Å². The van der Waals surface area contributed by atoms with Gasteiger partial charge in [0.2, 0.25) is 0 Å². The Bertz CT molecular complexity index is 300. The summed E-state index contributed by atoms with van der Waals surface area (Å²) in [5, 5.41) is 0.627. The summed E-state index contributed by atoms with van der Waals surface area (Å²) >= 11 is 9.19. The van der Waals surface area contributed by atoms with Gasteiger partial charge in [-0.25, -0.2) is 0 Å². The minimum atomic E-state index is 0.627. The third-order valence-electron chi connectivity index (χ3n) is 1.34. The summed E-state index contributed by atoms with van der Waals surface area (Å²) in [6.07, 6.45) is 3.79. The largest absolute Gasteiger partial charge is 0.299 e. The van der Waals surface area contributed by atoms with Gasteiger partial charge in [0, 0.05) is 15.1 Å². The average molecular weight is 246 g/mol. The lowest BCUT2D eigenvalue weighted by atomic mass is 10.2. The number of allylic oxidation sites excluding steroid dienone is 1. The molecule has 0 saturated carbocycles. The van der Waals surface area contributed by atoms with Crippen LogP contribution in [0.1, 0.15) is 5.56 Å². The smallest absolute Gasteiger partial charge is 0.142 e. The van der Waals surface area contributed by atoms with E-state index < -0.39 is 0 Å². The van der Waals surface area contributed by atoms with E-state index in [4.69, 9.17) is 11.6 Å². The van der Waals surface area contributed by atoms with Gasteiger partial charge in [0.25, 0.3) is 0 Å². The molecule has 0 bridgehead atoms. The number of rotatable bonds is 2. The molecule has 0 aliphatic heterocycles. The van der Waals surface area contributed by atoms with Gasteiger partial charge >= 0.3 is 0 Å². The second kappa shape index (κ2) is 4.43. The summed E-state index contributed by atoms with van der Waals surface area (Å²) in [6.45, 7) is 0. The Morgan fingerprint density at radius 2 is 2.17 bits per heavy atom. The normalized spacial score (nSPS) is 10.5. The highest BCUT2D eigenvalue weighted by molar-refractivity contribution is 9.10. The van der Waals surface area contributed by atoms with Crippen LogP contribution in [0.5, 0.6) is 0 Å². The van der Waals surface area contributed by atoms with E-state index in [0.29, 0.717) is 5.02 Å². The predicted molar refractivity (Wildman–Crippen MR) is 54.3 cm³/mol. The molecule has 0 amide bonds. The Morgan fingerprint density at radius 1 is 1.42 bits per heavy atom. The van der Waals surface area contributed by atoms with Crippen molar-refractivity contribution in [3.05, 3.63) is 39.3 Å². The Balaban J connectivity index is 3.12. The van der Waals surface area contributed by atoms with E-state index in [1.54, 1.807) is 12.1 Å². The second-order valence-electron chi connectivity index (χ2n) is 2.13. The zero-order chi connectivity index (χ0) is 8.97. The zero-order valence-electron chi connectivity index (χ0n) is 6.13. The molecule has 1 aromatic rings. The molecule has 0 atom stereocenters. The molecule has 0 saturated heterocycles. The molecule has 0 aliphatic carbocycles. The summed E-state index contributed by atoms with van der Waals surface area (Å²) in [7, 11) is 0. The number of benzene rings is 1. The monoisotopic (exact) mass is 244 g/mol. The van der Waals surface area contributed by atoms with Crippen molar-refractivity contribution in [1.82, 2.24) is 0 Å². The molecule has 0 N–H and O–H groups in total. The number of halogens is 2. The summed E-state index contributed by atoms with van der Waals surface area (Å²) in [5.74, 6) is 0. The third-order valence-corrected chi connectivity index (χ3v) is 2.36. The van der Waals surface area contributed by atoms with Crippen LogP contribution in [0.3, 0.4) is 0 Å². The van der Waals surface area contributed by atoms with Crippen molar-refractivity contribution in [1.29, 1.82) is 0 Å². The average Bonchev–Trinajstić information content (AvgIpc) is 2.04. The van der Waals surface area contributed by atoms with E-state index in [1.807, 2.05) is 12.1 Å². The summed E-state index contributed by atoms with van der Waals surface area (Å²) < 4.78 is 0.883. The topological polar surface area (TPSA) is 17.1 Å². The highest BCUT2D eigenvalue weighted by Crippen LogP contribution is 2.25. The van der Waals surface area contributed by atoms with Crippen LogP contribution in [0.2, 0.25) is 5.02 Å². The first-order chi connectivity index (χ1) is 5.75. The fourth-order valence-electron chi connectivity index (χ4n) is 0.805. The van der Waals surface area contributed by atoms with Crippen LogP contribution < -0.4 is 0 Å². The van der Waals surface area contributed by atoms with E-state index in [1.165, 1.54) is 6.08 Å². The van der Waals surface area contributed by atoms with Crippen LogP contribution in [0.25, 0.3) is 6.08 Å². The fourth-order valence-corrected chi connectivity index (χ4v) is 1.66. The maximum absolute atomic E-state index is 10.1. The molecule has 1 rings (SSSR count). The van der Waals surface area contributed by atoms with Crippen LogP contribution in [0.15, 0.2) is 28.7 Å². The minimum absolute atomic E-state index is 0.627. The van der Waals surface area contributed by atoms with Gasteiger partial charge < -0.3 is 0 Å². The lowest BCUT2D eigenvalue weighted by molar-refractivity contribution is -0.104. The first-order valence-electron chi connectivity index (χ1n) is 3.31. The van der Waals surface area contributed by atoms with Gasteiger partial charge in [-0.05, 0) is 24.3 Å². The predicted octanol–water partition coefficient (Wildman–Crippen LogP) is 3.31. The van der Waals surface area contributed by atoms with Gasteiger partial charge in [-0.3, -0.25) is 4.79 Å². The quantitative estimate of drug-likeness (QED) is 0.577. The molecular weight excluding hydrogens is 239 g/mol. The number of hydrogen-bond acceptors (Lipinski definition) is 1. The minimum Gasteiger partial charge on any atom is -0.299 e. The Kier molecular flexibility index (Phi) is 3.50.